The van der Waals surface area contributed by atoms with E-state index in [0.29, 0.717) is 25.7 Å². The number of hydrogen-bond acceptors (Lipinski definition) is 4. The number of fused-ring (bicyclic) bond motifs is 3. The molecule has 1 saturated carbocycles. The molecule has 2 aromatic rings. The summed E-state index contributed by atoms with van der Waals surface area (Å²) in [4.78, 5) is 15.5. The Morgan fingerprint density at radius 3 is 2.18 bits per heavy atom. The number of hydrogen-bond donors (Lipinski definition) is 2. The molecule has 34 heavy (non-hydrogen) atoms. The monoisotopic (exact) mass is 463 g/mol. The average Bonchev–Trinajstić information content (AvgIpc) is 3.63. The molecule has 2 N–H and O–H groups in total. The lowest BCUT2D eigenvalue weighted by Crippen LogP contribution is -2.66. The van der Waals surface area contributed by atoms with Gasteiger partial charge in [-0.05, 0) is 73.9 Å². The van der Waals surface area contributed by atoms with Crippen LogP contribution >= 0.6 is 0 Å². The van der Waals surface area contributed by atoms with Crippen molar-refractivity contribution in [2.45, 2.75) is 50.3 Å². The van der Waals surface area contributed by atoms with Gasteiger partial charge in [0.1, 0.15) is 0 Å². The van der Waals surface area contributed by atoms with Crippen molar-refractivity contribution in [1.29, 1.82) is 0 Å². The van der Waals surface area contributed by atoms with E-state index in [1.807, 2.05) is 0 Å². The summed E-state index contributed by atoms with van der Waals surface area (Å²) in [6, 6.07) is 17.1. The van der Waals surface area contributed by atoms with Crippen LogP contribution in [0.2, 0.25) is 0 Å². The zero-order chi connectivity index (χ0) is 23.6. The third-order valence-corrected chi connectivity index (χ3v) is 7.97. The standard InChI is InChI=1S/C28H37N3O3/c1-27(20-31-15-11-24(27)12-16-31)29-26(32)30-28(13-14-28)25-9-7-23(8-10-25)22-5-3-21(4-6-22)19-34-18-17-33-2/h3-10,24H,11-20H2,1-2H3,(H2,29,30,32). The smallest absolute Gasteiger partial charge is 0.315 e. The molecule has 2 bridgehead atoms. The highest BCUT2D eigenvalue weighted by Gasteiger charge is 2.48. The maximum Gasteiger partial charge on any atom is 0.315 e. The molecule has 2 aromatic carbocycles. The van der Waals surface area contributed by atoms with E-state index in [0.717, 1.165) is 24.9 Å². The van der Waals surface area contributed by atoms with Crippen LogP contribution in [0.25, 0.3) is 11.1 Å². The first-order chi connectivity index (χ1) is 16.5. The second kappa shape index (κ2) is 9.68. The van der Waals surface area contributed by atoms with Crippen molar-refractivity contribution in [3.8, 4) is 11.1 Å². The van der Waals surface area contributed by atoms with Crippen molar-refractivity contribution in [3.05, 3.63) is 59.7 Å². The van der Waals surface area contributed by atoms with Gasteiger partial charge >= 0.3 is 6.03 Å². The predicted octanol–water partition coefficient (Wildman–Crippen LogP) is 4.29. The van der Waals surface area contributed by atoms with Gasteiger partial charge in [0.25, 0.3) is 0 Å². The lowest BCUT2D eigenvalue weighted by atomic mass is 9.74. The van der Waals surface area contributed by atoms with Crippen LogP contribution in [-0.4, -0.2) is 56.4 Å². The molecule has 6 nitrogen and oxygen atoms in total. The van der Waals surface area contributed by atoms with E-state index in [9.17, 15) is 4.79 Å². The average molecular weight is 464 g/mol. The minimum Gasteiger partial charge on any atom is -0.382 e. The fraction of sp³-hybridized carbons (Fsp3) is 0.536. The minimum atomic E-state index is -0.226. The Hall–Kier alpha value is -2.41. The number of carbonyl (C=O) groups excluding carboxylic acids is 1. The molecule has 182 valence electrons. The molecular formula is C28H37N3O3. The van der Waals surface area contributed by atoms with Crippen molar-refractivity contribution in [2.75, 3.05) is 40.0 Å². The van der Waals surface area contributed by atoms with Gasteiger partial charge in [-0.2, -0.15) is 0 Å². The summed E-state index contributed by atoms with van der Waals surface area (Å²) in [5.41, 5.74) is 4.35. The first-order valence-corrected chi connectivity index (χ1v) is 12.6. The zero-order valence-corrected chi connectivity index (χ0v) is 20.4. The normalized spacial score (nSPS) is 26.8. The van der Waals surface area contributed by atoms with Crippen molar-refractivity contribution < 1.29 is 14.3 Å². The molecule has 4 fully saturated rings. The maximum absolute atomic E-state index is 13.0. The van der Waals surface area contributed by atoms with Crippen molar-refractivity contribution in [1.82, 2.24) is 15.5 Å². The summed E-state index contributed by atoms with van der Waals surface area (Å²) in [6.45, 7) is 7.33. The summed E-state index contributed by atoms with van der Waals surface area (Å²) < 4.78 is 10.6. The molecule has 1 aliphatic carbocycles. The van der Waals surface area contributed by atoms with Crippen molar-refractivity contribution in [2.24, 2.45) is 5.92 Å². The summed E-state index contributed by atoms with van der Waals surface area (Å²) in [6.07, 6.45) is 4.35. The highest BCUT2D eigenvalue weighted by atomic mass is 16.5. The SMILES string of the molecule is COCCOCc1ccc(-c2ccc(C3(NC(=O)NC4(C)CN5CCC4CC5)CC3)cc2)cc1. The van der Waals surface area contributed by atoms with E-state index in [4.69, 9.17) is 9.47 Å². The molecule has 2 amide bonds. The summed E-state index contributed by atoms with van der Waals surface area (Å²) in [5, 5.41) is 6.67. The fourth-order valence-electron chi connectivity index (χ4n) is 5.69. The molecule has 3 saturated heterocycles. The van der Waals surface area contributed by atoms with Gasteiger partial charge in [0, 0.05) is 13.7 Å². The molecular weight excluding hydrogens is 426 g/mol. The first-order valence-electron chi connectivity index (χ1n) is 12.6. The molecule has 4 aliphatic rings. The molecule has 1 atom stereocenters. The number of methoxy groups -OCH3 is 1. The molecule has 1 unspecified atom stereocenters. The van der Waals surface area contributed by atoms with Gasteiger partial charge < -0.3 is 25.0 Å². The molecule has 3 aliphatic heterocycles. The van der Waals surface area contributed by atoms with E-state index in [1.54, 1.807) is 7.11 Å². The Labute approximate surface area is 203 Å². The molecule has 6 heteroatoms. The number of nitrogens with one attached hydrogen (secondary N) is 2. The summed E-state index contributed by atoms with van der Waals surface area (Å²) >= 11 is 0. The first kappa shape index (κ1) is 23.3. The molecule has 0 spiro atoms. The molecule has 6 rings (SSSR count). The number of piperidine rings is 3. The minimum absolute atomic E-state index is 0.0267. The topological polar surface area (TPSA) is 62.8 Å². The third kappa shape index (κ3) is 4.99. The molecule has 0 aromatic heterocycles. The van der Waals surface area contributed by atoms with Crippen LogP contribution in [0, 0.1) is 5.92 Å². The van der Waals surface area contributed by atoms with Crippen molar-refractivity contribution in [3.63, 3.8) is 0 Å². The van der Waals surface area contributed by atoms with Crippen LogP contribution in [0.15, 0.2) is 48.5 Å². The molecule has 3 heterocycles. The number of rotatable bonds is 9. The van der Waals surface area contributed by atoms with Gasteiger partial charge in [0.15, 0.2) is 0 Å². The zero-order valence-electron chi connectivity index (χ0n) is 20.4. The van der Waals surface area contributed by atoms with Crippen LogP contribution in [0.5, 0.6) is 0 Å². The number of carbonyl (C=O) groups is 1. The van der Waals surface area contributed by atoms with Crippen LogP contribution in [0.4, 0.5) is 4.79 Å². The summed E-state index contributed by atoms with van der Waals surface area (Å²) in [7, 11) is 1.68. The Kier molecular flexibility index (Phi) is 6.65. The second-order valence-corrected chi connectivity index (χ2v) is 10.4. The van der Waals surface area contributed by atoms with Crippen LogP contribution in [-0.2, 0) is 21.6 Å². The highest BCUT2D eigenvalue weighted by molar-refractivity contribution is 5.77. The number of urea groups is 1. The van der Waals surface area contributed by atoms with Crippen LogP contribution in [0.1, 0.15) is 43.7 Å². The quantitative estimate of drug-likeness (QED) is 0.545. The maximum atomic E-state index is 13.0. The highest BCUT2D eigenvalue weighted by Crippen LogP contribution is 2.46. The third-order valence-electron chi connectivity index (χ3n) is 7.97. The summed E-state index contributed by atoms with van der Waals surface area (Å²) in [5.74, 6) is 0.584. The van der Waals surface area contributed by atoms with Gasteiger partial charge in [-0.25, -0.2) is 4.79 Å². The lowest BCUT2D eigenvalue weighted by molar-refractivity contribution is 0.0226. The molecule has 0 radical (unpaired) electrons. The van der Waals surface area contributed by atoms with Gasteiger partial charge in [-0.15, -0.1) is 0 Å². The predicted molar refractivity (Wildman–Crippen MR) is 134 cm³/mol. The number of amides is 2. The van der Waals surface area contributed by atoms with Crippen LogP contribution < -0.4 is 10.6 Å². The fourth-order valence-corrected chi connectivity index (χ4v) is 5.69. The number of nitrogens with zero attached hydrogens (tertiary/aromatic N) is 1. The van der Waals surface area contributed by atoms with Gasteiger partial charge in [-0.3, -0.25) is 0 Å². The Morgan fingerprint density at radius 2 is 1.62 bits per heavy atom. The van der Waals surface area contributed by atoms with E-state index >= 15 is 0 Å². The van der Waals surface area contributed by atoms with Crippen molar-refractivity contribution >= 4 is 6.03 Å². The Bertz CT molecular complexity index is 979. The van der Waals surface area contributed by atoms with Gasteiger partial charge in [-0.1, -0.05) is 48.5 Å². The van der Waals surface area contributed by atoms with E-state index in [-0.39, 0.29) is 17.1 Å². The number of benzene rings is 2. The largest absolute Gasteiger partial charge is 0.382 e. The lowest BCUT2D eigenvalue weighted by Gasteiger charge is -2.52. The van der Waals surface area contributed by atoms with E-state index in [2.05, 4.69) is 71.0 Å². The van der Waals surface area contributed by atoms with E-state index in [1.165, 1.54) is 42.6 Å². The second-order valence-electron chi connectivity index (χ2n) is 10.4. The van der Waals surface area contributed by atoms with Crippen LogP contribution in [0.3, 0.4) is 0 Å². The Balaban J connectivity index is 1.18. The van der Waals surface area contributed by atoms with Gasteiger partial charge in [0.2, 0.25) is 0 Å². The van der Waals surface area contributed by atoms with E-state index < -0.39 is 0 Å². The van der Waals surface area contributed by atoms with Gasteiger partial charge in [0.05, 0.1) is 30.9 Å². The number of ether oxygens (including phenoxy) is 2. The Morgan fingerprint density at radius 1 is 0.971 bits per heavy atom.